The topological polar surface area (TPSA) is 29.1 Å². The van der Waals surface area contributed by atoms with Gasteiger partial charge in [-0.25, -0.2) is 8.78 Å². The van der Waals surface area contributed by atoms with Gasteiger partial charge in [0.15, 0.2) is 5.78 Å². The second kappa shape index (κ2) is 4.71. The van der Waals surface area contributed by atoms with Crippen molar-refractivity contribution in [2.75, 3.05) is 11.9 Å². The maximum Gasteiger partial charge on any atom is 0.199 e. The maximum atomic E-state index is 14.0. The van der Waals surface area contributed by atoms with E-state index in [1.165, 1.54) is 13.0 Å². The quantitative estimate of drug-likeness (QED) is 0.849. The number of carbonyl (C=O) groups is 1. The van der Waals surface area contributed by atoms with Crippen molar-refractivity contribution in [2.45, 2.75) is 13.3 Å². The summed E-state index contributed by atoms with van der Waals surface area (Å²) in [5, 5.41) is 3.15. The zero-order valence-corrected chi connectivity index (χ0v) is 11.0. The van der Waals surface area contributed by atoms with Crippen molar-refractivity contribution in [2.24, 2.45) is 0 Å². The minimum atomic E-state index is -0.827. The number of anilines is 1. The molecule has 1 N–H and O–H groups in total. The van der Waals surface area contributed by atoms with E-state index in [2.05, 4.69) is 5.32 Å². The number of halogens is 2. The highest BCUT2D eigenvalue weighted by Gasteiger charge is 2.22. The molecule has 1 aliphatic rings. The highest BCUT2D eigenvalue weighted by Crippen LogP contribution is 2.26. The largest absolute Gasteiger partial charge is 0.384 e. The number of benzene rings is 2. The average molecular weight is 273 g/mol. The Balaban J connectivity index is 2.07. The smallest absolute Gasteiger partial charge is 0.199 e. The molecule has 0 aliphatic carbocycles. The summed E-state index contributed by atoms with van der Waals surface area (Å²) in [6, 6.07) is 7.55. The molecule has 3 rings (SSSR count). The Labute approximate surface area is 115 Å². The molecule has 0 saturated carbocycles. The van der Waals surface area contributed by atoms with Crippen molar-refractivity contribution in [3.63, 3.8) is 0 Å². The van der Waals surface area contributed by atoms with E-state index in [0.29, 0.717) is 5.56 Å². The number of carbonyl (C=O) groups excluding carboxylic acids is 1. The maximum absolute atomic E-state index is 14.0. The van der Waals surface area contributed by atoms with E-state index < -0.39 is 23.0 Å². The van der Waals surface area contributed by atoms with Gasteiger partial charge in [0.2, 0.25) is 0 Å². The Kier molecular flexibility index (Phi) is 3.01. The van der Waals surface area contributed by atoms with Crippen molar-refractivity contribution in [1.82, 2.24) is 0 Å². The van der Waals surface area contributed by atoms with Crippen LogP contribution in [-0.2, 0) is 6.42 Å². The highest BCUT2D eigenvalue weighted by atomic mass is 19.1. The highest BCUT2D eigenvalue weighted by molar-refractivity contribution is 6.10. The van der Waals surface area contributed by atoms with E-state index in [1.807, 2.05) is 6.07 Å². The molecule has 0 fully saturated rings. The zero-order chi connectivity index (χ0) is 14.3. The van der Waals surface area contributed by atoms with E-state index in [-0.39, 0.29) is 5.56 Å². The van der Waals surface area contributed by atoms with E-state index in [0.717, 1.165) is 30.3 Å². The summed E-state index contributed by atoms with van der Waals surface area (Å²) in [6.45, 7) is 2.33. The van der Waals surface area contributed by atoms with Crippen molar-refractivity contribution >= 4 is 11.5 Å². The lowest BCUT2D eigenvalue weighted by atomic mass is 9.98. The van der Waals surface area contributed by atoms with E-state index >= 15 is 0 Å². The minimum Gasteiger partial charge on any atom is -0.384 e. The Morgan fingerprint density at radius 2 is 2.00 bits per heavy atom. The first kappa shape index (κ1) is 12.8. The normalized spacial score (nSPS) is 12.9. The van der Waals surface area contributed by atoms with Crippen LogP contribution in [0, 0.1) is 18.6 Å². The summed E-state index contributed by atoms with van der Waals surface area (Å²) in [5.41, 5.74) is 2.05. The van der Waals surface area contributed by atoms with Gasteiger partial charge in [-0.3, -0.25) is 4.79 Å². The predicted octanol–water partition coefficient (Wildman–Crippen LogP) is 3.47. The average Bonchev–Trinajstić information content (AvgIpc) is 2.90. The molecule has 4 heteroatoms. The lowest BCUT2D eigenvalue weighted by Crippen LogP contribution is -2.09. The number of nitrogens with one attached hydrogen (secondary N) is 1. The Bertz CT molecular complexity index is 710. The molecule has 2 nitrogen and oxygen atoms in total. The van der Waals surface area contributed by atoms with Crippen LogP contribution >= 0.6 is 0 Å². The van der Waals surface area contributed by atoms with E-state index in [4.69, 9.17) is 0 Å². The fourth-order valence-corrected chi connectivity index (χ4v) is 2.44. The third kappa shape index (κ3) is 1.97. The summed E-state index contributed by atoms with van der Waals surface area (Å²) in [5.74, 6) is -2.24. The second-order valence-corrected chi connectivity index (χ2v) is 4.93. The van der Waals surface area contributed by atoms with Crippen LogP contribution in [-0.4, -0.2) is 12.3 Å². The summed E-state index contributed by atoms with van der Waals surface area (Å²) >= 11 is 0. The predicted molar refractivity (Wildman–Crippen MR) is 73.2 cm³/mol. The van der Waals surface area contributed by atoms with Crippen LogP contribution in [0.1, 0.15) is 27.0 Å². The van der Waals surface area contributed by atoms with Crippen molar-refractivity contribution in [3.8, 4) is 0 Å². The molecule has 102 valence electrons. The number of ketones is 1. The SMILES string of the molecule is Cc1ccc(F)c(C(=O)c2ccc3c(c2)NCC3)c1F. The van der Waals surface area contributed by atoms with Gasteiger partial charge < -0.3 is 5.32 Å². The number of rotatable bonds is 2. The van der Waals surface area contributed by atoms with Crippen LogP contribution in [0.5, 0.6) is 0 Å². The Morgan fingerprint density at radius 1 is 1.20 bits per heavy atom. The van der Waals surface area contributed by atoms with Gasteiger partial charge in [0.05, 0.1) is 5.56 Å². The van der Waals surface area contributed by atoms with Gasteiger partial charge >= 0.3 is 0 Å². The molecule has 0 unspecified atom stereocenters. The molecular weight excluding hydrogens is 260 g/mol. The molecule has 2 aromatic carbocycles. The second-order valence-electron chi connectivity index (χ2n) is 4.93. The first-order chi connectivity index (χ1) is 9.58. The van der Waals surface area contributed by atoms with Crippen LogP contribution in [0.2, 0.25) is 0 Å². The molecular formula is C16H13F2NO. The number of aryl methyl sites for hydroxylation is 1. The molecule has 0 saturated heterocycles. The van der Waals surface area contributed by atoms with Crippen molar-refractivity contribution in [3.05, 3.63) is 64.2 Å². The van der Waals surface area contributed by atoms with Gasteiger partial charge in [0.25, 0.3) is 0 Å². The Hall–Kier alpha value is -2.23. The number of fused-ring (bicyclic) bond motifs is 1. The first-order valence-electron chi connectivity index (χ1n) is 6.44. The van der Waals surface area contributed by atoms with Gasteiger partial charge in [-0.2, -0.15) is 0 Å². The third-order valence-corrected chi connectivity index (χ3v) is 3.59. The van der Waals surface area contributed by atoms with E-state index in [1.54, 1.807) is 12.1 Å². The summed E-state index contributed by atoms with van der Waals surface area (Å²) in [4.78, 5) is 12.3. The molecule has 0 amide bonds. The molecule has 0 atom stereocenters. The van der Waals surface area contributed by atoms with Crippen LogP contribution in [0.4, 0.5) is 14.5 Å². The van der Waals surface area contributed by atoms with Crippen LogP contribution < -0.4 is 5.32 Å². The van der Waals surface area contributed by atoms with Crippen LogP contribution in [0.15, 0.2) is 30.3 Å². The first-order valence-corrected chi connectivity index (χ1v) is 6.44. The summed E-state index contributed by atoms with van der Waals surface area (Å²) < 4.78 is 27.8. The fraction of sp³-hybridized carbons (Fsp3) is 0.188. The van der Waals surface area contributed by atoms with Crippen LogP contribution in [0.3, 0.4) is 0 Å². The lowest BCUT2D eigenvalue weighted by molar-refractivity contribution is 0.103. The van der Waals surface area contributed by atoms with Crippen molar-refractivity contribution < 1.29 is 13.6 Å². The fourth-order valence-electron chi connectivity index (χ4n) is 2.44. The molecule has 1 heterocycles. The monoisotopic (exact) mass is 273 g/mol. The third-order valence-electron chi connectivity index (χ3n) is 3.59. The van der Waals surface area contributed by atoms with E-state index in [9.17, 15) is 13.6 Å². The van der Waals surface area contributed by atoms with Gasteiger partial charge in [0, 0.05) is 17.8 Å². The lowest BCUT2D eigenvalue weighted by Gasteiger charge is -2.08. The molecule has 20 heavy (non-hydrogen) atoms. The summed E-state index contributed by atoms with van der Waals surface area (Å²) in [6.07, 6.45) is 0.900. The molecule has 0 bridgehead atoms. The Morgan fingerprint density at radius 3 is 2.80 bits per heavy atom. The standard InChI is InChI=1S/C16H13F2NO/c1-9-2-5-12(17)14(15(9)18)16(20)11-4-3-10-6-7-19-13(10)8-11/h2-5,8,19H,6-7H2,1H3. The van der Waals surface area contributed by atoms with Gasteiger partial charge in [-0.15, -0.1) is 0 Å². The zero-order valence-electron chi connectivity index (χ0n) is 11.0. The molecule has 0 aromatic heterocycles. The van der Waals surface area contributed by atoms with Gasteiger partial charge in [-0.05, 0) is 36.6 Å². The minimum absolute atomic E-state index is 0.258. The molecule has 0 radical (unpaired) electrons. The summed E-state index contributed by atoms with van der Waals surface area (Å²) in [7, 11) is 0. The van der Waals surface area contributed by atoms with Gasteiger partial charge in [0.1, 0.15) is 11.6 Å². The molecule has 0 spiro atoms. The molecule has 1 aliphatic heterocycles. The van der Waals surface area contributed by atoms with Gasteiger partial charge in [-0.1, -0.05) is 18.2 Å². The van der Waals surface area contributed by atoms with Crippen molar-refractivity contribution in [1.29, 1.82) is 0 Å². The van der Waals surface area contributed by atoms with Crippen LogP contribution in [0.25, 0.3) is 0 Å². The number of hydrogen-bond donors (Lipinski definition) is 1. The number of hydrogen-bond acceptors (Lipinski definition) is 2. The molecule has 2 aromatic rings.